The van der Waals surface area contributed by atoms with Gasteiger partial charge in [-0.1, -0.05) is 28.8 Å². The number of halogens is 2. The molecule has 0 heterocycles. The number of hydrogen-bond acceptors (Lipinski definition) is 2. The van der Waals surface area contributed by atoms with Crippen molar-refractivity contribution in [2.75, 3.05) is 6.61 Å². The molecular weight excluding hydrogens is 362 g/mol. The second kappa shape index (κ2) is 5.72. The van der Waals surface area contributed by atoms with Crippen molar-refractivity contribution in [2.24, 2.45) is 0 Å². The Bertz CT molecular complexity index is 456. The van der Waals surface area contributed by atoms with E-state index in [9.17, 15) is 9.90 Å². The predicted molar refractivity (Wildman–Crippen MR) is 77.6 cm³/mol. The molecule has 1 fully saturated rings. The van der Waals surface area contributed by atoms with Crippen LogP contribution in [0.2, 0.25) is 0 Å². The summed E-state index contributed by atoms with van der Waals surface area (Å²) in [7, 11) is 0. The van der Waals surface area contributed by atoms with Crippen molar-refractivity contribution in [3.05, 3.63) is 32.7 Å². The quantitative estimate of drug-likeness (QED) is 0.850. The molecule has 0 atom stereocenters. The lowest BCUT2D eigenvalue weighted by Crippen LogP contribution is -2.49. The Balaban J connectivity index is 2.18. The van der Waals surface area contributed by atoms with Gasteiger partial charge >= 0.3 is 0 Å². The third-order valence-corrected chi connectivity index (χ3v) is 4.60. The lowest BCUT2D eigenvalue weighted by molar-refractivity contribution is 0.0837. The first kappa shape index (κ1) is 14.0. The topological polar surface area (TPSA) is 49.3 Å². The lowest BCUT2D eigenvalue weighted by atomic mass is 9.98. The van der Waals surface area contributed by atoms with Gasteiger partial charge < -0.3 is 10.4 Å². The van der Waals surface area contributed by atoms with Gasteiger partial charge in [-0.25, -0.2) is 0 Å². The lowest BCUT2D eigenvalue weighted by Gasteiger charge is -2.28. The predicted octanol–water partition coefficient (Wildman–Crippen LogP) is 3.25. The number of carbonyl (C=O) groups excluding carboxylic acids is 1. The summed E-state index contributed by atoms with van der Waals surface area (Å²) in [6.07, 6.45) is 3.81. The van der Waals surface area contributed by atoms with Crippen LogP contribution in [-0.4, -0.2) is 23.2 Å². The number of benzene rings is 1. The highest BCUT2D eigenvalue weighted by molar-refractivity contribution is 9.11. The number of carbonyl (C=O) groups is 1. The summed E-state index contributed by atoms with van der Waals surface area (Å²) in [5.74, 6) is -0.140. The summed E-state index contributed by atoms with van der Waals surface area (Å²) in [5.41, 5.74) is 0.155. The molecule has 0 spiro atoms. The van der Waals surface area contributed by atoms with Crippen LogP contribution >= 0.6 is 31.9 Å². The van der Waals surface area contributed by atoms with Crippen molar-refractivity contribution in [1.82, 2.24) is 5.32 Å². The van der Waals surface area contributed by atoms with Crippen molar-refractivity contribution in [2.45, 2.75) is 31.2 Å². The van der Waals surface area contributed by atoms with E-state index in [4.69, 9.17) is 0 Å². The van der Waals surface area contributed by atoms with Crippen LogP contribution in [-0.2, 0) is 0 Å². The molecule has 0 aromatic heterocycles. The Hall–Kier alpha value is -0.390. The monoisotopic (exact) mass is 375 g/mol. The fraction of sp³-hybridized carbons (Fsp3) is 0.462. The van der Waals surface area contributed by atoms with Crippen molar-refractivity contribution in [3.63, 3.8) is 0 Å². The Morgan fingerprint density at radius 1 is 1.33 bits per heavy atom. The fourth-order valence-electron chi connectivity index (χ4n) is 2.35. The Labute approximate surface area is 123 Å². The van der Waals surface area contributed by atoms with E-state index in [-0.39, 0.29) is 12.5 Å². The smallest absolute Gasteiger partial charge is 0.252 e. The number of aliphatic hydroxyl groups excluding tert-OH is 1. The largest absolute Gasteiger partial charge is 0.394 e. The van der Waals surface area contributed by atoms with Gasteiger partial charge in [-0.15, -0.1) is 0 Å². The Morgan fingerprint density at radius 2 is 2.00 bits per heavy atom. The zero-order valence-electron chi connectivity index (χ0n) is 9.88. The molecule has 1 aliphatic rings. The molecule has 98 valence electrons. The van der Waals surface area contributed by atoms with Crippen LogP contribution in [0.25, 0.3) is 0 Å². The molecule has 0 saturated heterocycles. The summed E-state index contributed by atoms with van der Waals surface area (Å²) in [6, 6.07) is 5.48. The molecule has 3 nitrogen and oxygen atoms in total. The first-order valence-corrected chi connectivity index (χ1v) is 7.53. The van der Waals surface area contributed by atoms with Gasteiger partial charge in [0, 0.05) is 8.95 Å². The van der Waals surface area contributed by atoms with Crippen molar-refractivity contribution in [3.8, 4) is 0 Å². The van der Waals surface area contributed by atoms with E-state index in [1.807, 2.05) is 12.1 Å². The maximum atomic E-state index is 12.3. The van der Waals surface area contributed by atoms with Crippen LogP contribution in [0.1, 0.15) is 36.0 Å². The van der Waals surface area contributed by atoms with E-state index in [1.165, 1.54) is 0 Å². The van der Waals surface area contributed by atoms with E-state index in [1.54, 1.807) is 6.07 Å². The SMILES string of the molecule is O=C(NC1(CO)CCCC1)c1cc(Br)ccc1Br. The van der Waals surface area contributed by atoms with Gasteiger partial charge in [0.1, 0.15) is 0 Å². The van der Waals surface area contributed by atoms with E-state index in [0.29, 0.717) is 5.56 Å². The molecule has 0 radical (unpaired) electrons. The first-order valence-electron chi connectivity index (χ1n) is 5.95. The normalized spacial score (nSPS) is 17.7. The highest BCUT2D eigenvalue weighted by Crippen LogP contribution is 2.30. The molecule has 1 saturated carbocycles. The van der Waals surface area contributed by atoms with Crippen LogP contribution in [0.3, 0.4) is 0 Å². The summed E-state index contributed by atoms with van der Waals surface area (Å²) >= 11 is 6.73. The molecule has 18 heavy (non-hydrogen) atoms. The average molecular weight is 377 g/mol. The fourth-order valence-corrected chi connectivity index (χ4v) is 3.14. The van der Waals surface area contributed by atoms with Gasteiger partial charge in [0.15, 0.2) is 0 Å². The molecule has 1 aromatic carbocycles. The molecule has 0 aliphatic heterocycles. The molecule has 1 aromatic rings. The maximum absolute atomic E-state index is 12.3. The number of hydrogen-bond donors (Lipinski definition) is 2. The molecule has 0 bridgehead atoms. The molecular formula is C13H15Br2NO2. The number of rotatable bonds is 3. The molecule has 1 amide bonds. The van der Waals surface area contributed by atoms with Gasteiger partial charge in [0.2, 0.25) is 0 Å². The third-order valence-electron chi connectivity index (χ3n) is 3.42. The van der Waals surface area contributed by atoms with Gasteiger partial charge in [-0.3, -0.25) is 4.79 Å². The highest BCUT2D eigenvalue weighted by Gasteiger charge is 2.35. The Kier molecular flexibility index (Phi) is 4.45. The van der Waals surface area contributed by atoms with Crippen LogP contribution < -0.4 is 5.32 Å². The number of amides is 1. The van der Waals surface area contributed by atoms with Crippen LogP contribution in [0.4, 0.5) is 0 Å². The van der Waals surface area contributed by atoms with Crippen LogP contribution in [0.5, 0.6) is 0 Å². The van der Waals surface area contributed by atoms with Crippen molar-refractivity contribution >= 4 is 37.8 Å². The van der Waals surface area contributed by atoms with Gasteiger partial charge in [-0.05, 0) is 47.0 Å². The van der Waals surface area contributed by atoms with Gasteiger partial charge in [-0.2, -0.15) is 0 Å². The third kappa shape index (κ3) is 2.95. The van der Waals surface area contributed by atoms with E-state index in [0.717, 1.165) is 34.6 Å². The second-order valence-electron chi connectivity index (χ2n) is 4.72. The maximum Gasteiger partial charge on any atom is 0.252 e. The van der Waals surface area contributed by atoms with Crippen LogP contribution in [0.15, 0.2) is 27.1 Å². The van der Waals surface area contributed by atoms with Crippen LogP contribution in [0, 0.1) is 0 Å². The summed E-state index contributed by atoms with van der Waals surface area (Å²) in [6.45, 7) is 0.00433. The summed E-state index contributed by atoms with van der Waals surface area (Å²) in [4.78, 5) is 12.3. The number of nitrogens with one attached hydrogen (secondary N) is 1. The number of aliphatic hydroxyl groups is 1. The van der Waals surface area contributed by atoms with E-state index < -0.39 is 5.54 Å². The van der Waals surface area contributed by atoms with Gasteiger partial charge in [0.05, 0.1) is 17.7 Å². The molecule has 2 rings (SSSR count). The van der Waals surface area contributed by atoms with Crippen molar-refractivity contribution < 1.29 is 9.90 Å². The standard InChI is InChI=1S/C13H15Br2NO2/c14-9-3-4-11(15)10(7-9)12(18)16-13(8-17)5-1-2-6-13/h3-4,7,17H,1-2,5-6,8H2,(H,16,18). The zero-order chi connectivity index (χ0) is 13.2. The minimum absolute atomic E-state index is 0.00433. The molecule has 2 N–H and O–H groups in total. The van der Waals surface area contributed by atoms with Gasteiger partial charge in [0.25, 0.3) is 5.91 Å². The van der Waals surface area contributed by atoms with E-state index in [2.05, 4.69) is 37.2 Å². The summed E-state index contributed by atoms with van der Waals surface area (Å²) < 4.78 is 1.62. The van der Waals surface area contributed by atoms with Crippen molar-refractivity contribution in [1.29, 1.82) is 0 Å². The first-order chi connectivity index (χ1) is 8.56. The summed E-state index contributed by atoms with van der Waals surface area (Å²) in [5, 5.41) is 12.5. The highest BCUT2D eigenvalue weighted by atomic mass is 79.9. The minimum atomic E-state index is -0.432. The second-order valence-corrected chi connectivity index (χ2v) is 6.49. The minimum Gasteiger partial charge on any atom is -0.394 e. The molecule has 1 aliphatic carbocycles. The molecule has 5 heteroatoms. The molecule has 0 unspecified atom stereocenters. The Morgan fingerprint density at radius 3 is 2.61 bits per heavy atom. The zero-order valence-corrected chi connectivity index (χ0v) is 13.1. The van der Waals surface area contributed by atoms with E-state index >= 15 is 0 Å². The average Bonchev–Trinajstić information content (AvgIpc) is 2.81.